The van der Waals surface area contributed by atoms with Crippen molar-refractivity contribution >= 4 is 5.91 Å². The van der Waals surface area contributed by atoms with Gasteiger partial charge in [-0.2, -0.15) is 0 Å². The Hall–Kier alpha value is -1.62. The van der Waals surface area contributed by atoms with Gasteiger partial charge < -0.3 is 15.0 Å². The number of aromatic nitrogens is 1. The molecule has 19 heavy (non-hydrogen) atoms. The van der Waals surface area contributed by atoms with E-state index in [1.165, 1.54) is 10.6 Å². The number of hydrogen-bond donors (Lipinski definition) is 2. The van der Waals surface area contributed by atoms with Gasteiger partial charge in [0.25, 0.3) is 5.56 Å². The van der Waals surface area contributed by atoms with Crippen LogP contribution in [0.5, 0.6) is 0 Å². The fourth-order valence-corrected chi connectivity index (χ4v) is 1.77. The molecule has 1 aromatic rings. The molecule has 5 heteroatoms. The Kier molecular flexibility index (Phi) is 7.58. The third kappa shape index (κ3) is 6.76. The highest BCUT2D eigenvalue weighted by Crippen LogP contribution is 1.97. The van der Waals surface area contributed by atoms with Gasteiger partial charge in [0, 0.05) is 38.4 Å². The first-order valence-electron chi connectivity index (χ1n) is 6.77. The largest absolute Gasteiger partial charge is 0.396 e. The number of nitrogens with one attached hydrogen (secondary N) is 1. The molecular formula is C14H22N2O3. The summed E-state index contributed by atoms with van der Waals surface area (Å²) in [5.41, 5.74) is -0.0840. The zero-order chi connectivity index (χ0) is 13.9. The molecule has 5 nitrogen and oxygen atoms in total. The molecule has 0 aliphatic rings. The number of unbranched alkanes of at least 4 members (excludes halogenated alkanes) is 3. The lowest BCUT2D eigenvalue weighted by Crippen LogP contribution is -2.27. The predicted molar refractivity (Wildman–Crippen MR) is 73.9 cm³/mol. The summed E-state index contributed by atoms with van der Waals surface area (Å²) in [5, 5.41) is 11.4. The van der Waals surface area contributed by atoms with Crippen molar-refractivity contribution in [2.75, 3.05) is 13.2 Å². The Bertz CT molecular complexity index is 429. The molecule has 1 aromatic heterocycles. The monoisotopic (exact) mass is 266 g/mol. The highest BCUT2D eigenvalue weighted by Gasteiger charge is 2.01. The Morgan fingerprint density at radius 2 is 2.00 bits per heavy atom. The van der Waals surface area contributed by atoms with Gasteiger partial charge in [0.15, 0.2) is 0 Å². The summed E-state index contributed by atoms with van der Waals surface area (Å²) >= 11 is 0. The normalized spacial score (nSPS) is 10.4. The van der Waals surface area contributed by atoms with Gasteiger partial charge in [0.2, 0.25) is 5.91 Å². The van der Waals surface area contributed by atoms with Crippen molar-refractivity contribution in [2.24, 2.45) is 0 Å². The van der Waals surface area contributed by atoms with Gasteiger partial charge in [0.05, 0.1) is 0 Å². The molecule has 106 valence electrons. The Labute approximate surface area is 113 Å². The standard InChI is InChI=1S/C14H22N2O3/c17-12-6-2-1-4-9-15-13(18)8-11-16-10-5-3-7-14(16)19/h3,5,7,10,17H,1-2,4,6,8-9,11-12H2,(H,15,18). The van der Waals surface area contributed by atoms with Gasteiger partial charge in [-0.3, -0.25) is 9.59 Å². The van der Waals surface area contributed by atoms with Crippen LogP contribution in [0.25, 0.3) is 0 Å². The molecule has 0 aromatic carbocycles. The summed E-state index contributed by atoms with van der Waals surface area (Å²) < 4.78 is 1.53. The number of carbonyl (C=O) groups is 1. The molecule has 0 fully saturated rings. The molecule has 0 atom stereocenters. The van der Waals surface area contributed by atoms with E-state index in [1.807, 2.05) is 0 Å². The van der Waals surface area contributed by atoms with Crippen molar-refractivity contribution in [1.29, 1.82) is 0 Å². The van der Waals surface area contributed by atoms with E-state index in [1.54, 1.807) is 18.3 Å². The van der Waals surface area contributed by atoms with Gasteiger partial charge in [-0.1, -0.05) is 18.9 Å². The van der Waals surface area contributed by atoms with E-state index < -0.39 is 0 Å². The second kappa shape index (κ2) is 9.33. The molecule has 0 radical (unpaired) electrons. The fraction of sp³-hybridized carbons (Fsp3) is 0.571. The molecule has 1 heterocycles. The number of amides is 1. The van der Waals surface area contributed by atoms with E-state index in [4.69, 9.17) is 5.11 Å². The minimum Gasteiger partial charge on any atom is -0.396 e. The summed E-state index contributed by atoms with van der Waals surface area (Å²) in [7, 11) is 0. The molecule has 0 saturated carbocycles. The molecule has 0 saturated heterocycles. The zero-order valence-electron chi connectivity index (χ0n) is 11.2. The third-order valence-electron chi connectivity index (χ3n) is 2.89. The van der Waals surface area contributed by atoms with Crippen LogP contribution in [0.2, 0.25) is 0 Å². The van der Waals surface area contributed by atoms with E-state index in [0.29, 0.717) is 19.5 Å². The maximum Gasteiger partial charge on any atom is 0.250 e. The Balaban J connectivity index is 2.12. The number of nitrogens with zero attached hydrogens (tertiary/aromatic N) is 1. The van der Waals surface area contributed by atoms with Gasteiger partial charge in [-0.05, 0) is 18.9 Å². The van der Waals surface area contributed by atoms with E-state index in [-0.39, 0.29) is 18.1 Å². The molecule has 0 aliphatic heterocycles. The smallest absolute Gasteiger partial charge is 0.250 e. The van der Waals surface area contributed by atoms with Crippen LogP contribution in [-0.4, -0.2) is 28.7 Å². The van der Waals surface area contributed by atoms with Crippen molar-refractivity contribution in [1.82, 2.24) is 9.88 Å². The summed E-state index contributed by atoms with van der Waals surface area (Å²) in [5.74, 6) is -0.0297. The van der Waals surface area contributed by atoms with Gasteiger partial charge in [-0.15, -0.1) is 0 Å². The maximum atomic E-state index is 11.6. The minimum atomic E-state index is -0.0840. The first-order valence-corrected chi connectivity index (χ1v) is 6.77. The number of pyridine rings is 1. The van der Waals surface area contributed by atoms with Crippen molar-refractivity contribution in [3.05, 3.63) is 34.7 Å². The number of aliphatic hydroxyl groups is 1. The van der Waals surface area contributed by atoms with Crippen molar-refractivity contribution in [3.8, 4) is 0 Å². The highest BCUT2D eigenvalue weighted by atomic mass is 16.2. The van der Waals surface area contributed by atoms with Crippen LogP contribution in [0.4, 0.5) is 0 Å². The quantitative estimate of drug-likeness (QED) is 0.653. The van der Waals surface area contributed by atoms with Crippen molar-refractivity contribution < 1.29 is 9.90 Å². The second-order valence-electron chi connectivity index (χ2n) is 4.47. The van der Waals surface area contributed by atoms with E-state index in [0.717, 1.165) is 25.7 Å². The summed E-state index contributed by atoms with van der Waals surface area (Å²) in [4.78, 5) is 23.0. The Morgan fingerprint density at radius 3 is 2.74 bits per heavy atom. The topological polar surface area (TPSA) is 71.3 Å². The molecule has 1 rings (SSSR count). The number of hydrogen-bond acceptors (Lipinski definition) is 3. The molecular weight excluding hydrogens is 244 g/mol. The summed E-state index contributed by atoms with van der Waals surface area (Å²) in [6.45, 7) is 1.31. The molecule has 0 aliphatic carbocycles. The van der Waals surface area contributed by atoms with Gasteiger partial charge >= 0.3 is 0 Å². The van der Waals surface area contributed by atoms with Crippen LogP contribution >= 0.6 is 0 Å². The average Bonchev–Trinajstić information content (AvgIpc) is 2.42. The fourth-order valence-electron chi connectivity index (χ4n) is 1.77. The highest BCUT2D eigenvalue weighted by molar-refractivity contribution is 5.75. The van der Waals surface area contributed by atoms with Crippen LogP contribution in [0, 0.1) is 0 Å². The lowest BCUT2D eigenvalue weighted by atomic mass is 10.2. The second-order valence-corrected chi connectivity index (χ2v) is 4.47. The minimum absolute atomic E-state index is 0.0297. The van der Waals surface area contributed by atoms with Crippen molar-refractivity contribution in [2.45, 2.75) is 38.6 Å². The number of rotatable bonds is 9. The van der Waals surface area contributed by atoms with Gasteiger partial charge in [-0.25, -0.2) is 0 Å². The SMILES string of the molecule is O=C(CCn1ccccc1=O)NCCCCCCO. The maximum absolute atomic E-state index is 11.6. The van der Waals surface area contributed by atoms with Crippen LogP contribution in [-0.2, 0) is 11.3 Å². The van der Waals surface area contributed by atoms with Gasteiger partial charge in [0.1, 0.15) is 0 Å². The molecule has 0 spiro atoms. The van der Waals surface area contributed by atoms with E-state index in [9.17, 15) is 9.59 Å². The lowest BCUT2D eigenvalue weighted by molar-refractivity contribution is -0.121. The summed E-state index contributed by atoms with van der Waals surface area (Å²) in [6.07, 6.45) is 5.76. The number of aliphatic hydroxyl groups excluding tert-OH is 1. The molecule has 2 N–H and O–H groups in total. The molecule has 1 amide bonds. The van der Waals surface area contributed by atoms with Crippen LogP contribution in [0.3, 0.4) is 0 Å². The predicted octanol–water partition coefficient (Wildman–Crippen LogP) is 0.907. The van der Waals surface area contributed by atoms with E-state index in [2.05, 4.69) is 5.32 Å². The van der Waals surface area contributed by atoms with Crippen LogP contribution < -0.4 is 10.9 Å². The first kappa shape index (κ1) is 15.4. The van der Waals surface area contributed by atoms with E-state index >= 15 is 0 Å². The van der Waals surface area contributed by atoms with Crippen molar-refractivity contribution in [3.63, 3.8) is 0 Å². The van der Waals surface area contributed by atoms with Crippen LogP contribution in [0.15, 0.2) is 29.2 Å². The number of aryl methyl sites for hydroxylation is 1. The molecule has 0 bridgehead atoms. The molecule has 0 unspecified atom stereocenters. The lowest BCUT2D eigenvalue weighted by Gasteiger charge is -2.06. The number of carbonyl (C=O) groups excluding carboxylic acids is 1. The summed E-state index contributed by atoms with van der Waals surface area (Å²) in [6, 6.07) is 4.95. The third-order valence-corrected chi connectivity index (χ3v) is 2.89. The average molecular weight is 266 g/mol. The Morgan fingerprint density at radius 1 is 1.21 bits per heavy atom. The van der Waals surface area contributed by atoms with Crippen LogP contribution in [0.1, 0.15) is 32.1 Å². The zero-order valence-corrected chi connectivity index (χ0v) is 11.2. The first-order chi connectivity index (χ1) is 9.24.